The number of nitrogens with zero attached hydrogens (tertiary/aromatic N) is 1. The molecule has 1 N–H and O–H groups in total. The summed E-state index contributed by atoms with van der Waals surface area (Å²) in [4.78, 5) is 13.9. The van der Waals surface area contributed by atoms with Gasteiger partial charge in [-0.05, 0) is 25.1 Å². The molecule has 0 aliphatic carbocycles. The highest BCUT2D eigenvalue weighted by atomic mass is 35.5. The first kappa shape index (κ1) is 16.4. The van der Waals surface area contributed by atoms with Crippen LogP contribution in [0.1, 0.15) is 6.92 Å². The third-order valence-corrected chi connectivity index (χ3v) is 3.81. The fourth-order valence-corrected chi connectivity index (χ4v) is 2.55. The molecule has 1 aromatic rings. The molecule has 2 rings (SSSR count). The topological polar surface area (TPSA) is 59.0 Å². The maximum atomic E-state index is 12.2. The number of halogens is 2. The lowest BCUT2D eigenvalue weighted by atomic mass is 10.2. The maximum Gasteiger partial charge on any atom is 0.260 e. The Morgan fingerprint density at radius 1 is 1.52 bits per heavy atom. The smallest absolute Gasteiger partial charge is 0.260 e. The largest absolute Gasteiger partial charge is 0.482 e. The number of hydrogen-bond acceptors (Lipinski definition) is 4. The molecule has 1 fully saturated rings. The molecule has 0 aromatic heterocycles. The second-order valence-corrected chi connectivity index (χ2v) is 5.74. The van der Waals surface area contributed by atoms with Crippen LogP contribution in [-0.2, 0) is 9.53 Å². The van der Waals surface area contributed by atoms with E-state index in [1.54, 1.807) is 23.1 Å². The average molecular weight is 334 g/mol. The fourth-order valence-electron chi connectivity index (χ4n) is 2.09. The van der Waals surface area contributed by atoms with Crippen LogP contribution in [0.4, 0.5) is 0 Å². The molecule has 1 saturated heterocycles. The summed E-state index contributed by atoms with van der Waals surface area (Å²) in [5.41, 5.74) is 0. The van der Waals surface area contributed by atoms with Crippen LogP contribution in [-0.4, -0.2) is 54.4 Å². The van der Waals surface area contributed by atoms with Gasteiger partial charge in [0.25, 0.3) is 5.91 Å². The molecule has 0 spiro atoms. The molecule has 2 atom stereocenters. The van der Waals surface area contributed by atoms with Crippen LogP contribution in [0.25, 0.3) is 0 Å². The Kier molecular flexibility index (Phi) is 5.70. The molecule has 116 valence electrons. The molecule has 0 saturated carbocycles. The molecule has 1 aromatic carbocycles. The number of aliphatic hydroxyl groups excluding tert-OH is 1. The van der Waals surface area contributed by atoms with Gasteiger partial charge in [0.1, 0.15) is 5.75 Å². The summed E-state index contributed by atoms with van der Waals surface area (Å²) in [5.74, 6) is 0.240. The molecule has 1 amide bonds. The number of aliphatic hydroxyl groups is 1. The molecular weight excluding hydrogens is 317 g/mol. The van der Waals surface area contributed by atoms with E-state index in [-0.39, 0.29) is 31.3 Å². The minimum Gasteiger partial charge on any atom is -0.482 e. The highest BCUT2D eigenvalue weighted by Crippen LogP contribution is 2.27. The Hall–Kier alpha value is -1.01. The Bertz CT molecular complexity index is 512. The number of rotatable bonds is 4. The van der Waals surface area contributed by atoms with Gasteiger partial charge < -0.3 is 19.5 Å². The van der Waals surface area contributed by atoms with Gasteiger partial charge in [0.2, 0.25) is 0 Å². The second-order valence-electron chi connectivity index (χ2n) is 4.90. The van der Waals surface area contributed by atoms with Crippen LogP contribution in [0.15, 0.2) is 18.2 Å². The first-order chi connectivity index (χ1) is 10.0. The quantitative estimate of drug-likeness (QED) is 0.915. The minimum absolute atomic E-state index is 0.0513. The van der Waals surface area contributed by atoms with Crippen LogP contribution in [0.5, 0.6) is 5.75 Å². The number of hydrogen-bond donors (Lipinski definition) is 1. The van der Waals surface area contributed by atoms with Gasteiger partial charge in [-0.3, -0.25) is 4.79 Å². The zero-order valence-electron chi connectivity index (χ0n) is 11.6. The van der Waals surface area contributed by atoms with Gasteiger partial charge in [-0.15, -0.1) is 0 Å². The van der Waals surface area contributed by atoms with Crippen molar-refractivity contribution in [2.75, 3.05) is 26.4 Å². The van der Waals surface area contributed by atoms with E-state index in [1.807, 2.05) is 6.92 Å². The van der Waals surface area contributed by atoms with Crippen molar-refractivity contribution in [2.24, 2.45) is 0 Å². The van der Waals surface area contributed by atoms with Gasteiger partial charge >= 0.3 is 0 Å². The van der Waals surface area contributed by atoms with Crippen LogP contribution in [0, 0.1) is 0 Å². The maximum absolute atomic E-state index is 12.2. The zero-order valence-corrected chi connectivity index (χ0v) is 13.1. The lowest BCUT2D eigenvalue weighted by molar-refractivity contribution is -0.148. The van der Waals surface area contributed by atoms with E-state index in [1.165, 1.54) is 0 Å². The van der Waals surface area contributed by atoms with E-state index >= 15 is 0 Å². The van der Waals surface area contributed by atoms with Gasteiger partial charge in [-0.1, -0.05) is 23.2 Å². The van der Waals surface area contributed by atoms with Crippen molar-refractivity contribution in [3.8, 4) is 5.75 Å². The van der Waals surface area contributed by atoms with Crippen molar-refractivity contribution >= 4 is 29.1 Å². The Morgan fingerprint density at radius 3 is 2.95 bits per heavy atom. The molecular formula is C14H17Cl2NO4. The lowest BCUT2D eigenvalue weighted by Crippen LogP contribution is -2.53. The summed E-state index contributed by atoms with van der Waals surface area (Å²) in [6.45, 7) is 2.41. The summed E-state index contributed by atoms with van der Waals surface area (Å²) in [5, 5.41) is 9.99. The van der Waals surface area contributed by atoms with Crippen LogP contribution < -0.4 is 4.74 Å². The van der Waals surface area contributed by atoms with Gasteiger partial charge in [0.05, 0.1) is 30.4 Å². The molecule has 1 aliphatic heterocycles. The Labute approximate surface area is 133 Å². The predicted octanol–water partition coefficient (Wildman–Crippen LogP) is 1.98. The lowest BCUT2D eigenvalue weighted by Gasteiger charge is -2.37. The molecule has 7 heteroatoms. The van der Waals surface area contributed by atoms with Gasteiger partial charge in [0.15, 0.2) is 6.61 Å². The van der Waals surface area contributed by atoms with Crippen LogP contribution >= 0.6 is 23.2 Å². The first-order valence-electron chi connectivity index (χ1n) is 6.61. The third kappa shape index (κ3) is 4.23. The van der Waals surface area contributed by atoms with Gasteiger partial charge in [-0.25, -0.2) is 0 Å². The van der Waals surface area contributed by atoms with E-state index in [4.69, 9.17) is 37.8 Å². The summed E-state index contributed by atoms with van der Waals surface area (Å²) in [7, 11) is 0. The molecule has 2 unspecified atom stereocenters. The molecule has 0 radical (unpaired) electrons. The minimum atomic E-state index is -0.343. The van der Waals surface area contributed by atoms with Gasteiger partial charge in [0, 0.05) is 11.6 Å². The number of carbonyl (C=O) groups excluding carboxylic acids is 1. The number of morpholine rings is 1. The third-order valence-electron chi connectivity index (χ3n) is 3.27. The molecule has 1 aliphatic rings. The van der Waals surface area contributed by atoms with Crippen LogP contribution in [0.2, 0.25) is 10.0 Å². The number of ether oxygens (including phenoxy) is 2. The number of carbonyl (C=O) groups is 1. The standard InChI is InChI=1S/C14H17Cl2NO4/c1-9-7-20-11(6-18)5-17(9)14(19)8-21-13-3-2-10(15)4-12(13)16/h2-4,9,11,18H,5-8H2,1H3. The monoisotopic (exact) mass is 333 g/mol. The average Bonchev–Trinajstić information content (AvgIpc) is 2.46. The van der Waals surface area contributed by atoms with Crippen molar-refractivity contribution < 1.29 is 19.4 Å². The summed E-state index contributed by atoms with van der Waals surface area (Å²) in [6, 6.07) is 4.77. The number of benzene rings is 1. The van der Waals surface area contributed by atoms with Gasteiger partial charge in [-0.2, -0.15) is 0 Å². The summed E-state index contributed by atoms with van der Waals surface area (Å²) in [6.07, 6.45) is -0.343. The van der Waals surface area contributed by atoms with Crippen molar-refractivity contribution in [3.63, 3.8) is 0 Å². The highest BCUT2D eigenvalue weighted by Gasteiger charge is 2.29. The van der Waals surface area contributed by atoms with Crippen molar-refractivity contribution in [1.29, 1.82) is 0 Å². The summed E-state index contributed by atoms with van der Waals surface area (Å²) < 4.78 is 10.8. The van der Waals surface area contributed by atoms with Crippen molar-refractivity contribution in [1.82, 2.24) is 4.90 Å². The predicted molar refractivity (Wildman–Crippen MR) is 80.0 cm³/mol. The molecule has 1 heterocycles. The first-order valence-corrected chi connectivity index (χ1v) is 7.36. The van der Waals surface area contributed by atoms with E-state index in [0.717, 1.165) is 0 Å². The molecule has 5 nitrogen and oxygen atoms in total. The molecule has 21 heavy (non-hydrogen) atoms. The van der Waals surface area contributed by atoms with Crippen molar-refractivity contribution in [2.45, 2.75) is 19.1 Å². The van der Waals surface area contributed by atoms with E-state index < -0.39 is 0 Å². The zero-order chi connectivity index (χ0) is 15.4. The normalized spacial score (nSPS) is 22.2. The number of amides is 1. The highest BCUT2D eigenvalue weighted by molar-refractivity contribution is 6.35. The Balaban J connectivity index is 1.94. The van der Waals surface area contributed by atoms with E-state index in [2.05, 4.69) is 0 Å². The second kappa shape index (κ2) is 7.31. The molecule has 0 bridgehead atoms. The Morgan fingerprint density at radius 2 is 2.29 bits per heavy atom. The van der Waals surface area contributed by atoms with Crippen molar-refractivity contribution in [3.05, 3.63) is 28.2 Å². The van der Waals surface area contributed by atoms with E-state index in [9.17, 15) is 4.79 Å². The summed E-state index contributed by atoms with van der Waals surface area (Å²) >= 11 is 11.8. The fraction of sp³-hybridized carbons (Fsp3) is 0.500. The van der Waals surface area contributed by atoms with Crippen LogP contribution in [0.3, 0.4) is 0 Å². The SMILES string of the molecule is CC1COC(CO)CN1C(=O)COc1ccc(Cl)cc1Cl. The van der Waals surface area contributed by atoms with E-state index in [0.29, 0.717) is 28.9 Å².